The van der Waals surface area contributed by atoms with Crippen LogP contribution in [0.4, 0.5) is 5.82 Å². The zero-order chi connectivity index (χ0) is 25.2. The van der Waals surface area contributed by atoms with Gasteiger partial charge in [0.2, 0.25) is 17.7 Å². The largest absolute Gasteiger partial charge is 0.376 e. The van der Waals surface area contributed by atoms with Gasteiger partial charge < -0.3 is 24.8 Å². The molecule has 3 amide bonds. The Balaban J connectivity index is 1.75. The van der Waals surface area contributed by atoms with E-state index in [2.05, 4.69) is 15.8 Å². The van der Waals surface area contributed by atoms with Gasteiger partial charge in [-0.05, 0) is 44.2 Å². The van der Waals surface area contributed by atoms with E-state index in [0.29, 0.717) is 31.3 Å². The Hall–Kier alpha value is -3.20. The van der Waals surface area contributed by atoms with Crippen LogP contribution >= 0.6 is 0 Å². The lowest BCUT2D eigenvalue weighted by molar-refractivity contribution is -0.141. The zero-order valence-corrected chi connectivity index (χ0v) is 20.8. The molecule has 0 spiro atoms. The fraction of sp³-hybridized carbons (Fsp3) is 0.538. The minimum Gasteiger partial charge on any atom is -0.376 e. The van der Waals surface area contributed by atoms with Crippen LogP contribution in [-0.4, -0.2) is 53.6 Å². The Morgan fingerprint density at radius 1 is 1.20 bits per heavy atom. The third kappa shape index (κ3) is 7.65. The van der Waals surface area contributed by atoms with Crippen molar-refractivity contribution in [2.45, 2.75) is 71.4 Å². The summed E-state index contributed by atoms with van der Waals surface area (Å²) in [6.07, 6.45) is 3.47. The van der Waals surface area contributed by atoms with Crippen molar-refractivity contribution < 1.29 is 23.6 Å². The number of carbonyl (C=O) groups excluding carboxylic acids is 3. The Labute approximate surface area is 206 Å². The predicted octanol–water partition coefficient (Wildman–Crippen LogP) is 3.68. The summed E-state index contributed by atoms with van der Waals surface area (Å²) >= 11 is 0. The molecule has 9 heteroatoms. The smallest absolute Gasteiger partial charge is 0.247 e. The van der Waals surface area contributed by atoms with E-state index in [9.17, 15) is 14.4 Å². The predicted molar refractivity (Wildman–Crippen MR) is 132 cm³/mol. The van der Waals surface area contributed by atoms with E-state index < -0.39 is 6.04 Å². The van der Waals surface area contributed by atoms with Crippen LogP contribution in [0.15, 0.2) is 34.9 Å². The summed E-state index contributed by atoms with van der Waals surface area (Å²) in [5.41, 5.74) is 1.71. The maximum absolute atomic E-state index is 13.5. The van der Waals surface area contributed by atoms with E-state index in [1.165, 1.54) is 0 Å². The molecule has 2 heterocycles. The second-order valence-corrected chi connectivity index (χ2v) is 8.95. The molecule has 1 fully saturated rings. The molecule has 1 saturated heterocycles. The summed E-state index contributed by atoms with van der Waals surface area (Å²) in [5.74, 6) is 0.0795. The maximum Gasteiger partial charge on any atom is 0.247 e. The first-order valence-electron chi connectivity index (χ1n) is 12.4. The van der Waals surface area contributed by atoms with E-state index in [1.54, 1.807) is 17.9 Å². The first-order chi connectivity index (χ1) is 16.9. The number of hydrogen-bond acceptors (Lipinski definition) is 6. The van der Waals surface area contributed by atoms with Crippen LogP contribution in [0.3, 0.4) is 0 Å². The molecule has 3 rings (SSSR count). The van der Waals surface area contributed by atoms with Crippen LogP contribution in [0.5, 0.6) is 0 Å². The van der Waals surface area contributed by atoms with E-state index in [-0.39, 0.29) is 36.7 Å². The summed E-state index contributed by atoms with van der Waals surface area (Å²) < 4.78 is 10.6. The summed E-state index contributed by atoms with van der Waals surface area (Å²) in [7, 11) is 0. The minimum atomic E-state index is -0.780. The SMILES string of the molecule is CCCCN(C(=O)CCC(=O)Nc1cc(C)on1)C(C(=O)NCC1CCCO1)c1ccccc1C. The van der Waals surface area contributed by atoms with Crippen LogP contribution in [0, 0.1) is 13.8 Å². The number of rotatable bonds is 12. The highest BCUT2D eigenvalue weighted by Gasteiger charge is 2.32. The van der Waals surface area contributed by atoms with Crippen molar-refractivity contribution in [3.63, 3.8) is 0 Å². The van der Waals surface area contributed by atoms with Crippen LogP contribution in [-0.2, 0) is 19.1 Å². The zero-order valence-electron chi connectivity index (χ0n) is 20.8. The Bertz CT molecular complexity index is 999. The van der Waals surface area contributed by atoms with Gasteiger partial charge in [-0.15, -0.1) is 0 Å². The highest BCUT2D eigenvalue weighted by atomic mass is 16.5. The number of carbonyl (C=O) groups is 3. The molecule has 190 valence electrons. The summed E-state index contributed by atoms with van der Waals surface area (Å²) in [6, 6.07) is 8.44. The second kappa shape index (κ2) is 13.0. The molecule has 2 aromatic rings. The number of benzene rings is 1. The summed E-state index contributed by atoms with van der Waals surface area (Å²) in [5, 5.41) is 9.39. The van der Waals surface area contributed by atoms with Crippen molar-refractivity contribution in [2.75, 3.05) is 25.0 Å². The molecule has 9 nitrogen and oxygen atoms in total. The van der Waals surface area contributed by atoms with Crippen molar-refractivity contribution in [2.24, 2.45) is 0 Å². The number of aromatic nitrogens is 1. The second-order valence-electron chi connectivity index (χ2n) is 8.95. The molecule has 1 aliphatic heterocycles. The lowest BCUT2D eigenvalue weighted by atomic mass is 9.98. The number of amides is 3. The molecule has 0 radical (unpaired) electrons. The van der Waals surface area contributed by atoms with E-state index in [0.717, 1.165) is 36.8 Å². The van der Waals surface area contributed by atoms with Gasteiger partial charge in [0, 0.05) is 38.6 Å². The van der Waals surface area contributed by atoms with Crippen molar-refractivity contribution in [1.82, 2.24) is 15.4 Å². The molecule has 1 aromatic carbocycles. The highest BCUT2D eigenvalue weighted by Crippen LogP contribution is 2.26. The van der Waals surface area contributed by atoms with Crippen LogP contribution < -0.4 is 10.6 Å². The standard InChI is InChI=1S/C26H36N4O5/c1-4-5-14-30(24(32)13-12-23(31)28-22-16-19(3)35-29-22)25(21-11-7-6-9-18(21)2)26(33)27-17-20-10-8-15-34-20/h6-7,9,11,16,20,25H,4-5,8,10,12-15,17H2,1-3H3,(H,27,33)(H,28,29,31). The van der Waals surface area contributed by atoms with Crippen LogP contribution in [0.1, 0.15) is 68.4 Å². The number of nitrogens with zero attached hydrogens (tertiary/aromatic N) is 2. The Kier molecular flexibility index (Phi) is 9.84. The van der Waals surface area contributed by atoms with Gasteiger partial charge in [0.05, 0.1) is 6.10 Å². The third-order valence-electron chi connectivity index (χ3n) is 6.11. The number of nitrogens with one attached hydrogen (secondary N) is 2. The molecule has 35 heavy (non-hydrogen) atoms. The summed E-state index contributed by atoms with van der Waals surface area (Å²) in [6.45, 7) is 7.25. The van der Waals surface area contributed by atoms with Crippen molar-refractivity contribution >= 4 is 23.5 Å². The van der Waals surface area contributed by atoms with Gasteiger partial charge in [0.1, 0.15) is 11.8 Å². The number of anilines is 1. The number of unbranched alkanes of at least 4 members (excludes halogenated alkanes) is 1. The fourth-order valence-electron chi connectivity index (χ4n) is 4.18. The third-order valence-corrected chi connectivity index (χ3v) is 6.11. The molecular formula is C26H36N4O5. The highest BCUT2D eigenvalue weighted by molar-refractivity contribution is 5.94. The van der Waals surface area contributed by atoms with Gasteiger partial charge in [-0.1, -0.05) is 42.8 Å². The molecule has 1 aromatic heterocycles. The van der Waals surface area contributed by atoms with Gasteiger partial charge in [0.15, 0.2) is 5.82 Å². The van der Waals surface area contributed by atoms with Crippen molar-refractivity contribution in [3.8, 4) is 0 Å². The van der Waals surface area contributed by atoms with Gasteiger partial charge in [-0.2, -0.15) is 0 Å². The Morgan fingerprint density at radius 3 is 2.66 bits per heavy atom. The van der Waals surface area contributed by atoms with E-state index >= 15 is 0 Å². The molecular weight excluding hydrogens is 448 g/mol. The molecule has 0 saturated carbocycles. The Morgan fingerprint density at radius 2 is 2.00 bits per heavy atom. The van der Waals surface area contributed by atoms with Crippen molar-refractivity contribution in [1.29, 1.82) is 0 Å². The average Bonchev–Trinajstić information content (AvgIpc) is 3.51. The fourth-order valence-corrected chi connectivity index (χ4v) is 4.18. The number of aryl methyl sites for hydroxylation is 2. The van der Waals surface area contributed by atoms with E-state index in [1.807, 2.05) is 38.1 Å². The monoisotopic (exact) mass is 484 g/mol. The first kappa shape index (κ1) is 26.4. The molecule has 2 N–H and O–H groups in total. The van der Waals surface area contributed by atoms with Gasteiger partial charge in [-0.25, -0.2) is 0 Å². The van der Waals surface area contributed by atoms with Crippen LogP contribution in [0.25, 0.3) is 0 Å². The van der Waals surface area contributed by atoms with Crippen molar-refractivity contribution in [3.05, 3.63) is 47.2 Å². The lowest BCUT2D eigenvalue weighted by Crippen LogP contribution is -2.46. The van der Waals surface area contributed by atoms with Gasteiger partial charge in [-0.3, -0.25) is 14.4 Å². The van der Waals surface area contributed by atoms with Gasteiger partial charge in [0.25, 0.3) is 0 Å². The first-order valence-corrected chi connectivity index (χ1v) is 12.4. The number of ether oxygens (including phenoxy) is 1. The lowest BCUT2D eigenvalue weighted by Gasteiger charge is -2.32. The van der Waals surface area contributed by atoms with E-state index in [4.69, 9.17) is 9.26 Å². The van der Waals surface area contributed by atoms with Gasteiger partial charge >= 0.3 is 0 Å². The molecule has 0 aliphatic carbocycles. The maximum atomic E-state index is 13.5. The summed E-state index contributed by atoms with van der Waals surface area (Å²) in [4.78, 5) is 40.9. The average molecular weight is 485 g/mol. The molecule has 2 unspecified atom stereocenters. The molecule has 2 atom stereocenters. The van der Waals surface area contributed by atoms with Crippen LogP contribution in [0.2, 0.25) is 0 Å². The number of hydrogen-bond donors (Lipinski definition) is 2. The quantitative estimate of drug-likeness (QED) is 0.475. The molecule has 0 bridgehead atoms. The minimum absolute atomic E-state index is 0.000118. The normalized spacial score (nSPS) is 16.0. The molecule has 1 aliphatic rings. The topological polar surface area (TPSA) is 114 Å².